The van der Waals surface area contributed by atoms with Gasteiger partial charge in [-0.2, -0.15) is 0 Å². The Kier molecular flexibility index (Phi) is 7.02. The van der Waals surface area contributed by atoms with Gasteiger partial charge in [0.1, 0.15) is 5.22 Å². The second-order valence-corrected chi connectivity index (χ2v) is 17.1. The molecule has 0 aromatic rings. The van der Waals surface area contributed by atoms with Crippen molar-refractivity contribution in [1.29, 1.82) is 0 Å². The molecule has 0 bridgehead atoms. The van der Waals surface area contributed by atoms with Crippen molar-refractivity contribution in [1.82, 2.24) is 0 Å². The monoisotopic (exact) mass is 360 g/mol. The van der Waals surface area contributed by atoms with E-state index >= 15 is 0 Å². The van der Waals surface area contributed by atoms with Crippen LogP contribution in [0.25, 0.3) is 0 Å². The maximum atomic E-state index is 12.2. The molecule has 1 unspecified atom stereocenters. The quantitative estimate of drug-likeness (QED) is 0.422. The van der Waals surface area contributed by atoms with Crippen molar-refractivity contribution >= 4 is 28.6 Å². The second kappa shape index (κ2) is 7.31. The second-order valence-electron chi connectivity index (χ2n) is 8.25. The molecule has 0 rings (SSSR count). The van der Waals surface area contributed by atoms with Crippen molar-refractivity contribution in [2.45, 2.75) is 72.1 Å². The molecule has 0 aliphatic heterocycles. The van der Waals surface area contributed by atoms with Crippen LogP contribution in [-0.2, 0) is 18.4 Å². The zero-order chi connectivity index (χ0) is 18.7. The first-order valence-electron chi connectivity index (χ1n) is 7.92. The fourth-order valence-electron chi connectivity index (χ4n) is 3.40. The topological polar surface area (TPSA) is 72.8 Å². The largest absolute Gasteiger partial charge is 0.478 e. The third kappa shape index (κ3) is 5.89. The lowest BCUT2D eigenvalue weighted by atomic mass is 9.86. The molecule has 0 aromatic heterocycles. The standard InChI is InChI=1S/C16H32O5Si2/c1-10-16(15(2,3)4,20-14(19)12-11-13(17)18)23(8,9)21-22(5,6)7/h11-12H,10H2,1-9H3,(H,17,18)/b12-11+. The van der Waals surface area contributed by atoms with E-state index in [1.807, 2.05) is 27.7 Å². The van der Waals surface area contributed by atoms with Gasteiger partial charge in [0.15, 0.2) is 8.32 Å². The van der Waals surface area contributed by atoms with Gasteiger partial charge in [-0.3, -0.25) is 0 Å². The van der Waals surface area contributed by atoms with E-state index in [2.05, 4.69) is 32.7 Å². The van der Waals surface area contributed by atoms with E-state index in [1.54, 1.807) is 0 Å². The molecule has 0 aromatic carbocycles. The normalized spacial score (nSPS) is 16.2. The highest BCUT2D eigenvalue weighted by atomic mass is 28.4. The summed E-state index contributed by atoms with van der Waals surface area (Å²) in [6.45, 7) is 18.6. The van der Waals surface area contributed by atoms with Gasteiger partial charge >= 0.3 is 11.9 Å². The number of hydrogen-bond acceptors (Lipinski definition) is 4. The molecule has 1 N–H and O–H groups in total. The molecule has 1 atom stereocenters. The molecule has 0 heterocycles. The molecule has 0 amide bonds. The summed E-state index contributed by atoms with van der Waals surface area (Å²) in [7, 11) is -4.26. The molecule has 23 heavy (non-hydrogen) atoms. The molecule has 0 saturated heterocycles. The fourth-order valence-corrected chi connectivity index (χ4v) is 13.2. The van der Waals surface area contributed by atoms with Crippen LogP contribution in [0.15, 0.2) is 12.2 Å². The maximum Gasteiger partial charge on any atom is 0.331 e. The molecular weight excluding hydrogens is 328 g/mol. The van der Waals surface area contributed by atoms with Crippen molar-refractivity contribution in [3.8, 4) is 0 Å². The molecule has 0 aliphatic carbocycles. The predicted octanol–water partition coefficient (Wildman–Crippen LogP) is 3.96. The lowest BCUT2D eigenvalue weighted by Crippen LogP contribution is -2.67. The minimum atomic E-state index is -2.44. The van der Waals surface area contributed by atoms with Gasteiger partial charge < -0.3 is 14.0 Å². The minimum absolute atomic E-state index is 0.330. The summed E-state index contributed by atoms with van der Waals surface area (Å²) in [5, 5.41) is 7.94. The van der Waals surface area contributed by atoms with Crippen LogP contribution in [-0.4, -0.2) is 38.9 Å². The summed E-state index contributed by atoms with van der Waals surface area (Å²) < 4.78 is 12.4. The Morgan fingerprint density at radius 1 is 1.04 bits per heavy atom. The molecule has 134 valence electrons. The Morgan fingerprint density at radius 2 is 1.52 bits per heavy atom. The van der Waals surface area contributed by atoms with Gasteiger partial charge in [0.25, 0.3) is 0 Å². The first-order chi connectivity index (χ1) is 10.1. The van der Waals surface area contributed by atoms with Crippen molar-refractivity contribution in [3.63, 3.8) is 0 Å². The average Bonchev–Trinajstić information content (AvgIpc) is 2.28. The van der Waals surface area contributed by atoms with E-state index in [0.717, 1.165) is 12.2 Å². The number of carboxylic acids is 1. The average molecular weight is 361 g/mol. The minimum Gasteiger partial charge on any atom is -0.478 e. The lowest BCUT2D eigenvalue weighted by Gasteiger charge is -2.53. The Hall–Kier alpha value is -0.926. The van der Waals surface area contributed by atoms with E-state index in [1.165, 1.54) is 0 Å². The zero-order valence-corrected chi connectivity index (χ0v) is 17.9. The molecule has 0 aliphatic rings. The van der Waals surface area contributed by atoms with Crippen molar-refractivity contribution in [3.05, 3.63) is 12.2 Å². The number of aliphatic carboxylic acids is 1. The number of carbonyl (C=O) groups is 2. The highest BCUT2D eigenvalue weighted by Crippen LogP contribution is 2.45. The van der Waals surface area contributed by atoms with Crippen LogP contribution in [0, 0.1) is 5.41 Å². The van der Waals surface area contributed by atoms with E-state index in [-0.39, 0.29) is 5.41 Å². The third-order valence-corrected chi connectivity index (χ3v) is 11.5. The Labute approximate surface area is 142 Å². The highest BCUT2D eigenvalue weighted by molar-refractivity contribution is 6.85. The van der Waals surface area contributed by atoms with Crippen LogP contribution < -0.4 is 0 Å². The number of ether oxygens (including phenoxy) is 1. The van der Waals surface area contributed by atoms with Crippen LogP contribution >= 0.6 is 0 Å². The summed E-state index contributed by atoms with van der Waals surface area (Å²) in [5.41, 5.74) is -0.330. The molecule has 7 heteroatoms. The van der Waals surface area contributed by atoms with Gasteiger partial charge in [-0.15, -0.1) is 0 Å². The fraction of sp³-hybridized carbons (Fsp3) is 0.750. The summed E-state index contributed by atoms with van der Waals surface area (Å²) in [6.07, 6.45) is 2.39. The summed E-state index contributed by atoms with van der Waals surface area (Å²) in [4.78, 5) is 22.8. The Balaban J connectivity index is 5.85. The summed E-state index contributed by atoms with van der Waals surface area (Å²) >= 11 is 0. The third-order valence-electron chi connectivity index (χ3n) is 3.88. The first-order valence-corrected chi connectivity index (χ1v) is 14.2. The lowest BCUT2D eigenvalue weighted by molar-refractivity contribution is -0.157. The smallest absolute Gasteiger partial charge is 0.331 e. The molecule has 5 nitrogen and oxygen atoms in total. The van der Waals surface area contributed by atoms with Crippen LogP contribution in [0.3, 0.4) is 0 Å². The molecule has 0 saturated carbocycles. The number of hydrogen-bond donors (Lipinski definition) is 1. The number of rotatable bonds is 7. The number of carbonyl (C=O) groups excluding carboxylic acids is 1. The SMILES string of the molecule is CCC(OC(=O)/C=C/C(=O)O)(C(C)(C)C)[Si](C)(C)O[Si](C)(C)C. The van der Waals surface area contributed by atoms with E-state index < -0.39 is 33.8 Å². The predicted molar refractivity (Wildman–Crippen MR) is 97.3 cm³/mol. The zero-order valence-electron chi connectivity index (χ0n) is 15.9. The van der Waals surface area contributed by atoms with Crippen molar-refractivity contribution in [2.24, 2.45) is 5.41 Å². The molecular formula is C16H32O5Si2. The number of esters is 1. The summed E-state index contributed by atoms with van der Waals surface area (Å²) in [6, 6.07) is 0. The van der Waals surface area contributed by atoms with E-state index in [9.17, 15) is 9.59 Å². The van der Waals surface area contributed by atoms with Crippen LogP contribution in [0.4, 0.5) is 0 Å². The first kappa shape index (κ1) is 22.1. The van der Waals surface area contributed by atoms with Crippen molar-refractivity contribution < 1.29 is 23.5 Å². The van der Waals surface area contributed by atoms with Crippen LogP contribution in [0.1, 0.15) is 34.1 Å². The van der Waals surface area contributed by atoms with Crippen molar-refractivity contribution in [2.75, 3.05) is 0 Å². The molecule has 0 radical (unpaired) electrons. The van der Waals surface area contributed by atoms with Gasteiger partial charge in [-0.05, 0) is 39.2 Å². The molecule has 0 spiro atoms. The molecule has 0 fully saturated rings. The summed E-state index contributed by atoms with van der Waals surface area (Å²) in [5.74, 6) is -1.81. The van der Waals surface area contributed by atoms with E-state index in [0.29, 0.717) is 6.42 Å². The van der Waals surface area contributed by atoms with Gasteiger partial charge in [-0.1, -0.05) is 27.7 Å². The maximum absolute atomic E-state index is 12.2. The van der Waals surface area contributed by atoms with E-state index in [4.69, 9.17) is 14.0 Å². The van der Waals surface area contributed by atoms with Crippen LogP contribution in [0.2, 0.25) is 32.7 Å². The van der Waals surface area contributed by atoms with Gasteiger partial charge in [0.05, 0.1) is 0 Å². The van der Waals surface area contributed by atoms with Gasteiger partial charge in [0.2, 0.25) is 8.32 Å². The highest BCUT2D eigenvalue weighted by Gasteiger charge is 2.58. The Bertz CT molecular complexity index is 472. The van der Waals surface area contributed by atoms with Crippen LogP contribution in [0.5, 0.6) is 0 Å². The number of carboxylic acid groups (broad SMARTS) is 1. The van der Waals surface area contributed by atoms with Gasteiger partial charge in [-0.25, -0.2) is 9.59 Å². The van der Waals surface area contributed by atoms with Gasteiger partial charge in [0, 0.05) is 17.6 Å². The Morgan fingerprint density at radius 3 is 1.83 bits per heavy atom.